The molecule has 130 valence electrons. The number of rotatable bonds is 8. The van der Waals surface area contributed by atoms with Crippen molar-refractivity contribution >= 4 is 11.4 Å². The quantitative estimate of drug-likeness (QED) is 0.638. The van der Waals surface area contributed by atoms with Gasteiger partial charge in [-0.1, -0.05) is 24.3 Å². The van der Waals surface area contributed by atoms with E-state index in [1.165, 1.54) is 6.07 Å². The number of carbonyl (C=O) groups is 1. The molecule has 0 saturated carbocycles. The van der Waals surface area contributed by atoms with Gasteiger partial charge in [-0.2, -0.15) is 0 Å². The Morgan fingerprint density at radius 2 is 1.92 bits per heavy atom. The molecule has 2 heterocycles. The van der Waals surface area contributed by atoms with E-state index in [9.17, 15) is 9.18 Å². The first-order valence-corrected chi connectivity index (χ1v) is 8.65. The highest BCUT2D eigenvalue weighted by Crippen LogP contribution is 2.10. The molecule has 3 rings (SSSR count). The van der Waals surface area contributed by atoms with Crippen molar-refractivity contribution in [3.8, 4) is 0 Å². The fourth-order valence-electron chi connectivity index (χ4n) is 2.89. The van der Waals surface area contributed by atoms with Crippen LogP contribution in [0.2, 0.25) is 0 Å². The highest BCUT2D eigenvalue weighted by molar-refractivity contribution is 5.75. The van der Waals surface area contributed by atoms with Gasteiger partial charge in [-0.05, 0) is 43.0 Å². The molecule has 0 fully saturated rings. The molecular formula is C20H22FN3O. The number of fused-ring (bicyclic) bond motifs is 1. The number of halogens is 1. The van der Waals surface area contributed by atoms with E-state index in [2.05, 4.69) is 14.7 Å². The lowest BCUT2D eigenvalue weighted by molar-refractivity contribution is -0.121. The zero-order valence-corrected chi connectivity index (χ0v) is 14.1. The molecule has 1 aromatic carbocycles. The largest absolute Gasteiger partial charge is 0.356 e. The van der Waals surface area contributed by atoms with Crippen LogP contribution in [0.15, 0.2) is 54.9 Å². The summed E-state index contributed by atoms with van der Waals surface area (Å²) in [6.45, 7) is 0.625. The number of carbonyl (C=O) groups excluding carboxylic acids is 1. The van der Waals surface area contributed by atoms with E-state index in [1.807, 2.05) is 36.7 Å². The first-order valence-electron chi connectivity index (χ1n) is 8.65. The molecule has 2 aromatic heterocycles. The van der Waals surface area contributed by atoms with Gasteiger partial charge in [-0.25, -0.2) is 9.37 Å². The van der Waals surface area contributed by atoms with Crippen LogP contribution in [-0.2, 0) is 17.6 Å². The Labute approximate surface area is 146 Å². The van der Waals surface area contributed by atoms with E-state index in [-0.39, 0.29) is 11.7 Å². The van der Waals surface area contributed by atoms with Gasteiger partial charge in [0.25, 0.3) is 0 Å². The molecular weight excluding hydrogens is 317 g/mol. The molecule has 4 nitrogen and oxygen atoms in total. The predicted molar refractivity (Wildman–Crippen MR) is 95.9 cm³/mol. The maximum atomic E-state index is 13.5. The van der Waals surface area contributed by atoms with Crippen LogP contribution in [0.4, 0.5) is 4.39 Å². The van der Waals surface area contributed by atoms with Gasteiger partial charge in [0, 0.05) is 25.6 Å². The van der Waals surface area contributed by atoms with Gasteiger partial charge < -0.3 is 9.72 Å². The number of pyridine rings is 1. The van der Waals surface area contributed by atoms with Crippen molar-refractivity contribution < 1.29 is 9.18 Å². The third-order valence-corrected chi connectivity index (χ3v) is 4.22. The number of benzene rings is 1. The smallest absolute Gasteiger partial charge is 0.220 e. The maximum Gasteiger partial charge on any atom is 0.220 e. The number of aryl methyl sites for hydroxylation is 2. The van der Waals surface area contributed by atoms with Gasteiger partial charge in [-0.3, -0.25) is 4.79 Å². The molecule has 5 heteroatoms. The molecule has 0 atom stereocenters. The molecule has 25 heavy (non-hydrogen) atoms. The SMILES string of the molecule is O=C(CCCc1ccccc1F)NCCCc1ncc2ccccn12. The van der Waals surface area contributed by atoms with Crippen LogP contribution in [0.5, 0.6) is 0 Å². The van der Waals surface area contributed by atoms with Crippen LogP contribution in [0, 0.1) is 5.82 Å². The second-order valence-electron chi connectivity index (χ2n) is 6.07. The monoisotopic (exact) mass is 339 g/mol. The van der Waals surface area contributed by atoms with Crippen LogP contribution >= 0.6 is 0 Å². The molecule has 0 bridgehead atoms. The molecule has 0 aliphatic carbocycles. The Balaban J connectivity index is 1.35. The average molecular weight is 339 g/mol. The molecule has 0 unspecified atom stereocenters. The highest BCUT2D eigenvalue weighted by atomic mass is 19.1. The highest BCUT2D eigenvalue weighted by Gasteiger charge is 2.05. The summed E-state index contributed by atoms with van der Waals surface area (Å²) >= 11 is 0. The minimum absolute atomic E-state index is 0.0179. The lowest BCUT2D eigenvalue weighted by Crippen LogP contribution is -2.24. The number of amides is 1. The van der Waals surface area contributed by atoms with E-state index >= 15 is 0 Å². The standard InChI is InChI=1S/C20H22FN3O/c21-18-10-2-1-7-16(18)8-5-12-20(25)22-13-6-11-19-23-15-17-9-3-4-14-24(17)19/h1-4,7,9-10,14-15H,5-6,8,11-13H2,(H,22,25). The first-order chi connectivity index (χ1) is 12.2. The van der Waals surface area contributed by atoms with Gasteiger partial charge >= 0.3 is 0 Å². The summed E-state index contributed by atoms with van der Waals surface area (Å²) in [4.78, 5) is 16.3. The fourth-order valence-corrected chi connectivity index (χ4v) is 2.89. The van der Waals surface area contributed by atoms with Crippen LogP contribution in [0.1, 0.15) is 30.7 Å². The molecule has 0 spiro atoms. The summed E-state index contributed by atoms with van der Waals surface area (Å²) in [7, 11) is 0. The summed E-state index contributed by atoms with van der Waals surface area (Å²) in [5.74, 6) is 0.823. The van der Waals surface area contributed by atoms with Gasteiger partial charge in [-0.15, -0.1) is 0 Å². The van der Waals surface area contributed by atoms with E-state index in [0.717, 1.165) is 24.2 Å². The average Bonchev–Trinajstić information content (AvgIpc) is 3.04. The van der Waals surface area contributed by atoms with E-state index in [0.29, 0.717) is 31.4 Å². The molecule has 3 aromatic rings. The first kappa shape index (κ1) is 17.1. The lowest BCUT2D eigenvalue weighted by atomic mass is 10.1. The Kier molecular flexibility index (Phi) is 5.77. The summed E-state index contributed by atoms with van der Waals surface area (Å²) in [5, 5.41) is 2.92. The van der Waals surface area contributed by atoms with Gasteiger partial charge in [0.15, 0.2) is 0 Å². The summed E-state index contributed by atoms with van der Waals surface area (Å²) in [6, 6.07) is 12.7. The van der Waals surface area contributed by atoms with Crippen molar-refractivity contribution in [3.63, 3.8) is 0 Å². The van der Waals surface area contributed by atoms with E-state index in [1.54, 1.807) is 12.1 Å². The van der Waals surface area contributed by atoms with Gasteiger partial charge in [0.05, 0.1) is 11.7 Å². The molecule has 0 saturated heterocycles. The van der Waals surface area contributed by atoms with Crippen molar-refractivity contribution in [3.05, 3.63) is 72.1 Å². The van der Waals surface area contributed by atoms with E-state index in [4.69, 9.17) is 0 Å². The summed E-state index contributed by atoms with van der Waals surface area (Å²) in [5.41, 5.74) is 1.75. The molecule has 1 N–H and O–H groups in total. The summed E-state index contributed by atoms with van der Waals surface area (Å²) < 4.78 is 15.6. The third-order valence-electron chi connectivity index (χ3n) is 4.22. The van der Waals surface area contributed by atoms with Crippen LogP contribution < -0.4 is 5.32 Å². The number of hydrogen-bond donors (Lipinski definition) is 1. The van der Waals surface area contributed by atoms with Crippen molar-refractivity contribution in [2.75, 3.05) is 6.54 Å². The Morgan fingerprint density at radius 1 is 1.08 bits per heavy atom. The second kappa shape index (κ2) is 8.42. The lowest BCUT2D eigenvalue weighted by Gasteiger charge is -2.06. The number of nitrogens with one attached hydrogen (secondary N) is 1. The zero-order valence-electron chi connectivity index (χ0n) is 14.1. The van der Waals surface area contributed by atoms with Crippen LogP contribution in [0.25, 0.3) is 5.52 Å². The summed E-state index contributed by atoms with van der Waals surface area (Å²) in [6.07, 6.45) is 7.16. The number of hydrogen-bond acceptors (Lipinski definition) is 2. The Bertz CT molecular complexity index is 844. The van der Waals surface area contributed by atoms with E-state index < -0.39 is 0 Å². The number of imidazole rings is 1. The Morgan fingerprint density at radius 3 is 2.80 bits per heavy atom. The molecule has 0 aliphatic heterocycles. The minimum atomic E-state index is -0.199. The van der Waals surface area contributed by atoms with Gasteiger partial charge in [0.2, 0.25) is 5.91 Å². The normalized spacial score (nSPS) is 10.9. The fraction of sp³-hybridized carbons (Fsp3) is 0.300. The predicted octanol–water partition coefficient (Wildman–Crippen LogP) is 3.55. The van der Waals surface area contributed by atoms with Crippen LogP contribution in [0.3, 0.4) is 0 Å². The third kappa shape index (κ3) is 4.66. The van der Waals surface area contributed by atoms with Crippen molar-refractivity contribution in [2.24, 2.45) is 0 Å². The number of nitrogens with zero attached hydrogens (tertiary/aromatic N) is 2. The number of aromatic nitrogens is 2. The molecule has 1 amide bonds. The Hall–Kier alpha value is -2.69. The second-order valence-corrected chi connectivity index (χ2v) is 6.07. The van der Waals surface area contributed by atoms with Crippen molar-refractivity contribution in [1.82, 2.24) is 14.7 Å². The van der Waals surface area contributed by atoms with Gasteiger partial charge in [0.1, 0.15) is 11.6 Å². The maximum absolute atomic E-state index is 13.5. The van der Waals surface area contributed by atoms with Crippen LogP contribution in [-0.4, -0.2) is 21.8 Å². The molecule has 0 aliphatic rings. The van der Waals surface area contributed by atoms with Crippen molar-refractivity contribution in [2.45, 2.75) is 32.1 Å². The zero-order chi connectivity index (χ0) is 17.5. The van der Waals surface area contributed by atoms with Crippen molar-refractivity contribution in [1.29, 1.82) is 0 Å². The minimum Gasteiger partial charge on any atom is -0.356 e. The molecule has 0 radical (unpaired) electrons. The topological polar surface area (TPSA) is 46.4 Å².